The number of amides is 1. The Bertz CT molecular complexity index is 478. The Balaban J connectivity index is 1.76. The molecule has 0 spiro atoms. The summed E-state index contributed by atoms with van der Waals surface area (Å²) in [4.78, 5) is 11.6. The van der Waals surface area contributed by atoms with Gasteiger partial charge in [-0.15, -0.1) is 0 Å². The average molecular weight is 357 g/mol. The quantitative estimate of drug-likeness (QED) is 0.663. The van der Waals surface area contributed by atoms with Crippen LogP contribution in [0.5, 0.6) is 5.75 Å². The van der Waals surface area contributed by atoms with Gasteiger partial charge in [0.1, 0.15) is 5.75 Å². The monoisotopic (exact) mass is 356 g/mol. The molecule has 0 heterocycles. The minimum Gasteiger partial charge on any atom is -0.483 e. The summed E-state index contributed by atoms with van der Waals surface area (Å²) in [7, 11) is 1.68. The molecule has 1 amide bonds. The normalized spacial score (nSPS) is 14.0. The molecule has 0 atom stereocenters. The first-order valence-electron chi connectivity index (χ1n) is 7.09. The van der Waals surface area contributed by atoms with Gasteiger partial charge in [0.15, 0.2) is 6.61 Å². The second kappa shape index (κ2) is 8.36. The Hall–Kier alpha value is -1.11. The highest BCUT2D eigenvalue weighted by Gasteiger charge is 2.23. The molecule has 2 rings (SSSR count). The van der Waals surface area contributed by atoms with E-state index in [0.717, 1.165) is 36.0 Å². The molecule has 0 saturated heterocycles. The third kappa shape index (κ3) is 6.03. The minimum atomic E-state index is -0.0605. The fraction of sp³-hybridized carbons (Fsp3) is 0.533. The van der Waals surface area contributed by atoms with Crippen molar-refractivity contribution in [1.29, 1.82) is 0 Å². The predicted molar refractivity (Wildman–Crippen MR) is 84.4 cm³/mol. The molecular formula is C15H21BrN2O3. The van der Waals surface area contributed by atoms with Crippen LogP contribution in [-0.2, 0) is 16.1 Å². The molecule has 0 aromatic heterocycles. The Morgan fingerprint density at radius 3 is 2.90 bits per heavy atom. The van der Waals surface area contributed by atoms with Crippen molar-refractivity contribution in [3.8, 4) is 5.75 Å². The lowest BCUT2D eigenvalue weighted by Crippen LogP contribution is -2.30. The summed E-state index contributed by atoms with van der Waals surface area (Å²) in [6.45, 7) is 2.33. The lowest BCUT2D eigenvalue weighted by Gasteiger charge is -2.10. The van der Waals surface area contributed by atoms with Crippen LogP contribution in [-0.4, -0.2) is 38.8 Å². The van der Waals surface area contributed by atoms with Gasteiger partial charge in [0, 0.05) is 26.2 Å². The summed E-state index contributed by atoms with van der Waals surface area (Å²) in [5.74, 6) is 0.622. The van der Waals surface area contributed by atoms with E-state index < -0.39 is 0 Å². The summed E-state index contributed by atoms with van der Waals surface area (Å²) in [5, 5.41) is 6.17. The number of nitrogens with one attached hydrogen (secondary N) is 2. The Kier molecular flexibility index (Phi) is 6.48. The van der Waals surface area contributed by atoms with Crippen molar-refractivity contribution in [1.82, 2.24) is 10.6 Å². The second-order valence-electron chi connectivity index (χ2n) is 5.06. The van der Waals surface area contributed by atoms with E-state index in [1.807, 2.05) is 18.2 Å². The molecule has 0 bridgehead atoms. The van der Waals surface area contributed by atoms with Crippen molar-refractivity contribution < 1.29 is 14.3 Å². The number of carbonyl (C=O) groups is 1. The van der Waals surface area contributed by atoms with Gasteiger partial charge in [-0.05, 0) is 46.5 Å². The highest BCUT2D eigenvalue weighted by molar-refractivity contribution is 9.10. The first-order chi connectivity index (χ1) is 10.2. The van der Waals surface area contributed by atoms with Crippen LogP contribution in [0.25, 0.3) is 0 Å². The number of halogens is 1. The van der Waals surface area contributed by atoms with Gasteiger partial charge in [0.05, 0.1) is 11.1 Å². The first-order valence-corrected chi connectivity index (χ1v) is 7.88. The van der Waals surface area contributed by atoms with Crippen molar-refractivity contribution in [3.05, 3.63) is 28.2 Å². The topological polar surface area (TPSA) is 59.6 Å². The Morgan fingerprint density at radius 2 is 2.24 bits per heavy atom. The van der Waals surface area contributed by atoms with Gasteiger partial charge < -0.3 is 20.1 Å². The Morgan fingerprint density at radius 1 is 1.43 bits per heavy atom. The number of methoxy groups -OCH3 is 1. The van der Waals surface area contributed by atoms with Crippen molar-refractivity contribution in [2.75, 3.05) is 26.9 Å². The van der Waals surface area contributed by atoms with E-state index in [2.05, 4.69) is 26.6 Å². The molecule has 1 aromatic rings. The molecule has 1 aliphatic carbocycles. The predicted octanol–water partition coefficient (Wildman–Crippen LogP) is 1.84. The van der Waals surface area contributed by atoms with Crippen LogP contribution in [0.4, 0.5) is 0 Å². The molecule has 1 aromatic carbocycles. The van der Waals surface area contributed by atoms with Gasteiger partial charge >= 0.3 is 0 Å². The second-order valence-corrected chi connectivity index (χ2v) is 5.92. The minimum absolute atomic E-state index is 0.0561. The smallest absolute Gasteiger partial charge is 0.258 e. The zero-order chi connectivity index (χ0) is 15.1. The molecule has 0 aliphatic heterocycles. The molecule has 2 N–H and O–H groups in total. The van der Waals surface area contributed by atoms with E-state index in [4.69, 9.17) is 9.47 Å². The van der Waals surface area contributed by atoms with Crippen LogP contribution >= 0.6 is 15.9 Å². The third-order valence-corrected chi connectivity index (χ3v) is 3.73. The van der Waals surface area contributed by atoms with Crippen molar-refractivity contribution >= 4 is 21.8 Å². The summed E-state index contributed by atoms with van der Waals surface area (Å²) >= 11 is 3.47. The van der Waals surface area contributed by atoms with Gasteiger partial charge in [-0.25, -0.2) is 0 Å². The maximum absolute atomic E-state index is 11.6. The SMILES string of the molecule is COCCNCc1ccc(OCC(=O)NC2CC2)c(Br)c1. The van der Waals surface area contributed by atoms with Gasteiger partial charge in [0.25, 0.3) is 5.91 Å². The fourth-order valence-electron chi connectivity index (χ4n) is 1.82. The largest absolute Gasteiger partial charge is 0.483 e. The molecule has 1 aliphatic rings. The molecule has 21 heavy (non-hydrogen) atoms. The van der Waals surface area contributed by atoms with Crippen LogP contribution in [0.15, 0.2) is 22.7 Å². The molecule has 1 saturated carbocycles. The zero-order valence-corrected chi connectivity index (χ0v) is 13.7. The van der Waals surface area contributed by atoms with Gasteiger partial charge in [-0.1, -0.05) is 6.07 Å². The van der Waals surface area contributed by atoms with Crippen LogP contribution in [0.3, 0.4) is 0 Å². The highest BCUT2D eigenvalue weighted by Crippen LogP contribution is 2.26. The fourth-order valence-corrected chi connectivity index (χ4v) is 2.36. The van der Waals surface area contributed by atoms with Gasteiger partial charge in [0.2, 0.25) is 0 Å². The van der Waals surface area contributed by atoms with E-state index in [0.29, 0.717) is 18.4 Å². The zero-order valence-electron chi connectivity index (χ0n) is 12.2. The van der Waals surface area contributed by atoms with Crippen molar-refractivity contribution in [3.63, 3.8) is 0 Å². The van der Waals surface area contributed by atoms with Crippen LogP contribution in [0.1, 0.15) is 18.4 Å². The third-order valence-electron chi connectivity index (χ3n) is 3.11. The molecular weight excluding hydrogens is 336 g/mol. The maximum atomic E-state index is 11.6. The van der Waals surface area contributed by atoms with Crippen LogP contribution in [0, 0.1) is 0 Å². The number of carbonyl (C=O) groups excluding carboxylic acids is 1. The van der Waals surface area contributed by atoms with Crippen LogP contribution < -0.4 is 15.4 Å². The first kappa shape index (κ1) is 16.3. The average Bonchev–Trinajstić information content (AvgIpc) is 3.26. The lowest BCUT2D eigenvalue weighted by molar-refractivity contribution is -0.123. The number of hydrogen-bond acceptors (Lipinski definition) is 4. The molecule has 6 heteroatoms. The summed E-state index contributed by atoms with van der Waals surface area (Å²) in [6.07, 6.45) is 2.17. The molecule has 116 valence electrons. The molecule has 1 fully saturated rings. The van der Waals surface area contributed by atoms with E-state index >= 15 is 0 Å². The van der Waals surface area contributed by atoms with E-state index in [9.17, 15) is 4.79 Å². The van der Waals surface area contributed by atoms with E-state index in [-0.39, 0.29) is 12.5 Å². The highest BCUT2D eigenvalue weighted by atomic mass is 79.9. The molecule has 5 nitrogen and oxygen atoms in total. The number of ether oxygens (including phenoxy) is 2. The summed E-state index contributed by atoms with van der Waals surface area (Å²) in [6, 6.07) is 6.22. The van der Waals surface area contributed by atoms with Crippen LogP contribution in [0.2, 0.25) is 0 Å². The summed E-state index contributed by atoms with van der Waals surface area (Å²) < 4.78 is 11.4. The summed E-state index contributed by atoms with van der Waals surface area (Å²) in [5.41, 5.74) is 1.15. The molecule has 0 radical (unpaired) electrons. The van der Waals surface area contributed by atoms with Crippen molar-refractivity contribution in [2.24, 2.45) is 0 Å². The number of hydrogen-bond donors (Lipinski definition) is 2. The van der Waals surface area contributed by atoms with E-state index in [1.165, 1.54) is 0 Å². The molecule has 0 unspecified atom stereocenters. The number of benzene rings is 1. The lowest BCUT2D eigenvalue weighted by atomic mass is 10.2. The maximum Gasteiger partial charge on any atom is 0.258 e. The van der Waals surface area contributed by atoms with Gasteiger partial charge in [-0.3, -0.25) is 4.79 Å². The van der Waals surface area contributed by atoms with E-state index in [1.54, 1.807) is 7.11 Å². The number of rotatable bonds is 9. The Labute approximate surface area is 133 Å². The standard InChI is InChI=1S/C15H21BrN2O3/c1-20-7-6-17-9-11-2-5-14(13(16)8-11)21-10-15(19)18-12-3-4-12/h2,5,8,12,17H,3-4,6-7,9-10H2,1H3,(H,18,19). The van der Waals surface area contributed by atoms with Gasteiger partial charge in [-0.2, -0.15) is 0 Å². The van der Waals surface area contributed by atoms with Crippen molar-refractivity contribution in [2.45, 2.75) is 25.4 Å².